The molecule has 0 aliphatic rings. The molecular weight excluding hydrogens is 176 g/mol. The standard InChI is InChI=1S/C11H16N2O/c1-3-12-11(14)6-9-13-7-4-10(2)5-8-13/h4-5,7-8H,3,6,9H2,1-2H3/p+1. The molecule has 0 bridgehead atoms. The number of nitrogens with one attached hydrogen (secondary N) is 1. The number of carbonyl (C=O) groups excluding carboxylic acids is 1. The lowest BCUT2D eigenvalue weighted by Gasteiger charge is -1.99. The van der Waals surface area contributed by atoms with Crippen molar-refractivity contribution in [3.63, 3.8) is 0 Å². The molecule has 0 aliphatic carbocycles. The molecule has 0 spiro atoms. The molecule has 1 N–H and O–H groups in total. The van der Waals surface area contributed by atoms with Gasteiger partial charge in [-0.2, -0.15) is 0 Å². The zero-order valence-corrected chi connectivity index (χ0v) is 8.79. The van der Waals surface area contributed by atoms with Crippen molar-refractivity contribution in [2.45, 2.75) is 26.8 Å². The summed E-state index contributed by atoms with van der Waals surface area (Å²) in [6, 6.07) is 4.08. The average molecular weight is 193 g/mol. The van der Waals surface area contributed by atoms with Gasteiger partial charge in [0, 0.05) is 18.7 Å². The van der Waals surface area contributed by atoms with E-state index < -0.39 is 0 Å². The lowest BCUT2D eigenvalue weighted by atomic mass is 10.3. The number of amides is 1. The molecule has 3 heteroatoms. The third-order valence-corrected chi connectivity index (χ3v) is 2.03. The van der Waals surface area contributed by atoms with Crippen molar-refractivity contribution in [3.8, 4) is 0 Å². The van der Waals surface area contributed by atoms with Crippen LogP contribution in [0.15, 0.2) is 24.5 Å². The van der Waals surface area contributed by atoms with Crippen molar-refractivity contribution < 1.29 is 9.36 Å². The van der Waals surface area contributed by atoms with Crippen molar-refractivity contribution in [1.82, 2.24) is 5.32 Å². The molecule has 1 aromatic heterocycles. The lowest BCUT2D eigenvalue weighted by molar-refractivity contribution is -0.695. The second-order valence-electron chi connectivity index (χ2n) is 3.32. The average Bonchev–Trinajstić information content (AvgIpc) is 2.17. The van der Waals surface area contributed by atoms with Crippen molar-refractivity contribution in [2.24, 2.45) is 0 Å². The maximum Gasteiger partial charge on any atom is 0.226 e. The molecule has 0 unspecified atom stereocenters. The largest absolute Gasteiger partial charge is 0.356 e. The summed E-state index contributed by atoms with van der Waals surface area (Å²) in [5.74, 6) is 0.112. The summed E-state index contributed by atoms with van der Waals surface area (Å²) < 4.78 is 2.02. The first-order chi connectivity index (χ1) is 6.72. The van der Waals surface area contributed by atoms with Crippen LogP contribution in [0.2, 0.25) is 0 Å². The molecule has 0 radical (unpaired) electrons. The Labute approximate surface area is 84.8 Å². The summed E-state index contributed by atoms with van der Waals surface area (Å²) in [5.41, 5.74) is 1.24. The zero-order valence-electron chi connectivity index (χ0n) is 8.79. The van der Waals surface area contributed by atoms with E-state index in [2.05, 4.69) is 5.32 Å². The number of nitrogens with zero attached hydrogens (tertiary/aromatic N) is 1. The number of hydrogen-bond acceptors (Lipinski definition) is 1. The topological polar surface area (TPSA) is 33.0 Å². The monoisotopic (exact) mass is 193 g/mol. The second-order valence-corrected chi connectivity index (χ2v) is 3.32. The van der Waals surface area contributed by atoms with Crippen molar-refractivity contribution >= 4 is 5.91 Å². The quantitative estimate of drug-likeness (QED) is 0.705. The van der Waals surface area contributed by atoms with Crippen LogP contribution >= 0.6 is 0 Å². The Kier molecular flexibility index (Phi) is 4.11. The molecule has 0 saturated carbocycles. The maximum atomic E-state index is 11.2. The van der Waals surface area contributed by atoms with Crippen molar-refractivity contribution in [2.75, 3.05) is 6.54 Å². The van der Waals surface area contributed by atoms with Gasteiger partial charge in [-0.3, -0.25) is 4.79 Å². The van der Waals surface area contributed by atoms with E-state index in [4.69, 9.17) is 0 Å². The minimum atomic E-state index is 0.112. The Morgan fingerprint density at radius 1 is 1.43 bits per heavy atom. The maximum absolute atomic E-state index is 11.2. The van der Waals surface area contributed by atoms with Crippen LogP contribution in [0.5, 0.6) is 0 Å². The second kappa shape index (κ2) is 5.37. The molecule has 0 aliphatic heterocycles. The third-order valence-electron chi connectivity index (χ3n) is 2.03. The lowest BCUT2D eigenvalue weighted by Crippen LogP contribution is -2.36. The van der Waals surface area contributed by atoms with Crippen LogP contribution in [0.4, 0.5) is 0 Å². The van der Waals surface area contributed by atoms with Gasteiger partial charge in [0.15, 0.2) is 18.9 Å². The van der Waals surface area contributed by atoms with Gasteiger partial charge in [0.2, 0.25) is 5.91 Å². The minimum absolute atomic E-state index is 0.112. The van der Waals surface area contributed by atoms with E-state index >= 15 is 0 Å². The molecule has 76 valence electrons. The van der Waals surface area contributed by atoms with Crippen molar-refractivity contribution in [1.29, 1.82) is 0 Å². The summed E-state index contributed by atoms with van der Waals surface area (Å²) in [5, 5.41) is 2.77. The number of pyridine rings is 1. The summed E-state index contributed by atoms with van der Waals surface area (Å²) in [6.07, 6.45) is 4.53. The SMILES string of the molecule is CCNC(=O)CC[n+]1ccc(C)cc1. The fourth-order valence-corrected chi connectivity index (χ4v) is 1.20. The summed E-state index contributed by atoms with van der Waals surface area (Å²) in [4.78, 5) is 11.2. The Bertz CT molecular complexity index is 293. The highest BCUT2D eigenvalue weighted by molar-refractivity contribution is 5.75. The molecular formula is C11H17N2O+. The molecule has 1 heterocycles. The van der Waals surface area contributed by atoms with Crippen molar-refractivity contribution in [3.05, 3.63) is 30.1 Å². The summed E-state index contributed by atoms with van der Waals surface area (Å²) in [7, 11) is 0. The molecule has 1 rings (SSSR count). The van der Waals surface area contributed by atoms with Gasteiger partial charge in [0.05, 0.1) is 6.42 Å². The Morgan fingerprint density at radius 2 is 2.07 bits per heavy atom. The van der Waals surface area contributed by atoms with Gasteiger partial charge in [0.25, 0.3) is 0 Å². The normalized spacial score (nSPS) is 9.86. The highest BCUT2D eigenvalue weighted by atomic mass is 16.1. The minimum Gasteiger partial charge on any atom is -0.356 e. The van der Waals surface area contributed by atoms with Crippen LogP contribution in [-0.2, 0) is 11.3 Å². The number of carbonyl (C=O) groups is 1. The molecule has 0 saturated heterocycles. The van der Waals surface area contributed by atoms with Crippen LogP contribution in [0.1, 0.15) is 18.9 Å². The van der Waals surface area contributed by atoms with Crippen LogP contribution in [0, 0.1) is 6.92 Å². The van der Waals surface area contributed by atoms with E-state index in [1.165, 1.54) is 5.56 Å². The Balaban J connectivity index is 2.38. The highest BCUT2D eigenvalue weighted by Crippen LogP contribution is 1.90. The van der Waals surface area contributed by atoms with E-state index in [-0.39, 0.29) is 5.91 Å². The first kappa shape index (κ1) is 10.7. The Hall–Kier alpha value is -1.38. The Morgan fingerprint density at radius 3 is 2.64 bits per heavy atom. The smallest absolute Gasteiger partial charge is 0.226 e. The fraction of sp³-hybridized carbons (Fsp3) is 0.455. The summed E-state index contributed by atoms with van der Waals surface area (Å²) >= 11 is 0. The van der Waals surface area contributed by atoms with E-state index in [9.17, 15) is 4.79 Å². The molecule has 14 heavy (non-hydrogen) atoms. The number of aromatic nitrogens is 1. The molecule has 0 fully saturated rings. The molecule has 0 aromatic carbocycles. The predicted molar refractivity (Wildman–Crippen MR) is 54.7 cm³/mol. The summed E-state index contributed by atoms with van der Waals surface area (Å²) in [6.45, 7) is 5.43. The van der Waals surface area contributed by atoms with E-state index in [0.717, 1.165) is 6.54 Å². The fourth-order valence-electron chi connectivity index (χ4n) is 1.20. The molecule has 1 aromatic rings. The van der Waals surface area contributed by atoms with Crippen LogP contribution in [0.3, 0.4) is 0 Å². The molecule has 1 amide bonds. The number of rotatable bonds is 4. The van der Waals surface area contributed by atoms with Crippen LogP contribution in [-0.4, -0.2) is 12.5 Å². The van der Waals surface area contributed by atoms with E-state index in [1.54, 1.807) is 0 Å². The zero-order chi connectivity index (χ0) is 10.4. The van der Waals surface area contributed by atoms with Gasteiger partial charge in [-0.1, -0.05) is 0 Å². The number of aryl methyl sites for hydroxylation is 2. The van der Waals surface area contributed by atoms with Gasteiger partial charge in [0.1, 0.15) is 0 Å². The van der Waals surface area contributed by atoms with Crippen LogP contribution in [0.25, 0.3) is 0 Å². The van der Waals surface area contributed by atoms with Gasteiger partial charge in [-0.25, -0.2) is 4.57 Å². The first-order valence-corrected chi connectivity index (χ1v) is 4.94. The molecule has 0 atom stereocenters. The third kappa shape index (κ3) is 3.56. The molecule has 3 nitrogen and oxygen atoms in total. The van der Waals surface area contributed by atoms with E-state index in [1.807, 2.05) is 42.9 Å². The van der Waals surface area contributed by atoms with Crippen LogP contribution < -0.4 is 9.88 Å². The highest BCUT2D eigenvalue weighted by Gasteiger charge is 2.04. The van der Waals surface area contributed by atoms with Gasteiger partial charge in [-0.05, 0) is 19.4 Å². The van der Waals surface area contributed by atoms with E-state index in [0.29, 0.717) is 13.0 Å². The van der Waals surface area contributed by atoms with Gasteiger partial charge >= 0.3 is 0 Å². The first-order valence-electron chi connectivity index (χ1n) is 4.94. The predicted octanol–water partition coefficient (Wildman–Crippen LogP) is 0.809. The van der Waals surface area contributed by atoms with Gasteiger partial charge < -0.3 is 5.32 Å². The number of hydrogen-bond donors (Lipinski definition) is 1. The van der Waals surface area contributed by atoms with Gasteiger partial charge in [-0.15, -0.1) is 0 Å².